The highest BCUT2D eigenvalue weighted by molar-refractivity contribution is 7.92. The van der Waals surface area contributed by atoms with E-state index < -0.39 is 33.6 Å². The van der Waals surface area contributed by atoms with Crippen molar-refractivity contribution < 1.29 is 22.0 Å². The second kappa shape index (κ2) is 8.21. The second-order valence-corrected chi connectivity index (χ2v) is 8.94. The third kappa shape index (κ3) is 4.74. The fourth-order valence-electron chi connectivity index (χ4n) is 2.61. The van der Waals surface area contributed by atoms with Gasteiger partial charge in [0.25, 0.3) is 0 Å². The largest absolute Gasteiger partial charge is 0.299 e. The maximum Gasteiger partial charge on any atom is 0.249 e. The van der Waals surface area contributed by atoms with Crippen molar-refractivity contribution in [1.29, 1.82) is 0 Å². The molecule has 11 heteroatoms. The molecule has 0 radical (unpaired) electrons. The predicted molar refractivity (Wildman–Crippen MR) is 107 cm³/mol. The Bertz CT molecular complexity index is 1140. The molecule has 0 aliphatic rings. The lowest BCUT2D eigenvalue weighted by Crippen LogP contribution is -2.45. The fourth-order valence-corrected chi connectivity index (χ4v) is 4.53. The van der Waals surface area contributed by atoms with Gasteiger partial charge in [-0.2, -0.15) is 0 Å². The molecule has 0 aliphatic carbocycles. The predicted octanol–water partition coefficient (Wildman–Crippen LogP) is 3.28. The van der Waals surface area contributed by atoms with Crippen LogP contribution in [0.4, 0.5) is 19.6 Å². The number of nitrogens with one attached hydrogen (secondary N) is 1. The number of hydrogen-bond acceptors (Lipinski definition) is 6. The molecule has 3 aromatic rings. The minimum atomic E-state index is -3.97. The van der Waals surface area contributed by atoms with Gasteiger partial charge in [-0.25, -0.2) is 17.2 Å². The van der Waals surface area contributed by atoms with Crippen LogP contribution in [0.25, 0.3) is 10.6 Å². The molecule has 2 aromatic carbocycles. The standard InChI is InChI=1S/C18H16F2N4O3S2/c1-11(24(29(2,26)27)13-8-9-14(19)15(20)10-13)16(25)21-18-23-22-17(28-18)12-6-4-3-5-7-12/h3-11H,1-2H3,(H,21,23,25)/t11-/m0/s1. The van der Waals surface area contributed by atoms with E-state index in [0.717, 1.165) is 41.4 Å². The highest BCUT2D eigenvalue weighted by Crippen LogP contribution is 2.27. The van der Waals surface area contributed by atoms with Crippen molar-refractivity contribution in [1.82, 2.24) is 10.2 Å². The van der Waals surface area contributed by atoms with Gasteiger partial charge in [-0.3, -0.25) is 14.4 Å². The molecule has 1 amide bonds. The van der Waals surface area contributed by atoms with E-state index in [1.165, 1.54) is 6.92 Å². The van der Waals surface area contributed by atoms with E-state index in [1.807, 2.05) is 30.3 Å². The second-order valence-electron chi connectivity index (χ2n) is 6.10. The number of carbonyl (C=O) groups excluding carboxylic acids is 1. The molecule has 0 aliphatic heterocycles. The van der Waals surface area contributed by atoms with Gasteiger partial charge in [0.2, 0.25) is 21.1 Å². The number of nitrogens with zero attached hydrogens (tertiary/aromatic N) is 3. The summed E-state index contributed by atoms with van der Waals surface area (Å²) in [5.74, 6) is -3.04. The van der Waals surface area contributed by atoms with Crippen LogP contribution in [0.1, 0.15) is 6.92 Å². The number of amides is 1. The summed E-state index contributed by atoms with van der Waals surface area (Å²) in [6.45, 7) is 1.33. The molecular formula is C18H16F2N4O3S2. The maximum absolute atomic E-state index is 13.6. The van der Waals surface area contributed by atoms with Crippen LogP contribution in [-0.4, -0.2) is 36.8 Å². The van der Waals surface area contributed by atoms with E-state index in [0.29, 0.717) is 9.31 Å². The molecule has 152 valence electrons. The van der Waals surface area contributed by atoms with E-state index in [9.17, 15) is 22.0 Å². The number of hydrogen-bond donors (Lipinski definition) is 1. The molecule has 1 N–H and O–H groups in total. The Morgan fingerprint density at radius 1 is 1.10 bits per heavy atom. The minimum absolute atomic E-state index is 0.170. The summed E-state index contributed by atoms with van der Waals surface area (Å²) in [4.78, 5) is 12.6. The van der Waals surface area contributed by atoms with Crippen molar-refractivity contribution >= 4 is 38.1 Å². The third-order valence-electron chi connectivity index (χ3n) is 3.92. The Morgan fingerprint density at radius 2 is 1.79 bits per heavy atom. The number of carbonyl (C=O) groups is 1. The van der Waals surface area contributed by atoms with Crippen molar-refractivity contribution in [3.63, 3.8) is 0 Å². The maximum atomic E-state index is 13.6. The van der Waals surface area contributed by atoms with Gasteiger partial charge in [0.15, 0.2) is 11.6 Å². The zero-order valence-corrected chi connectivity index (χ0v) is 17.0. The topological polar surface area (TPSA) is 92.3 Å². The summed E-state index contributed by atoms with van der Waals surface area (Å²) >= 11 is 1.12. The number of halogens is 2. The first-order valence-corrected chi connectivity index (χ1v) is 11.0. The molecule has 1 atom stereocenters. The highest BCUT2D eigenvalue weighted by Gasteiger charge is 2.30. The normalized spacial score (nSPS) is 12.4. The Labute approximate surface area is 170 Å². The van der Waals surface area contributed by atoms with Gasteiger partial charge in [-0.15, -0.1) is 10.2 Å². The lowest BCUT2D eigenvalue weighted by atomic mass is 10.2. The monoisotopic (exact) mass is 438 g/mol. The molecular weight excluding hydrogens is 422 g/mol. The lowest BCUT2D eigenvalue weighted by Gasteiger charge is -2.27. The summed E-state index contributed by atoms with van der Waals surface area (Å²) in [6, 6.07) is 10.6. The van der Waals surface area contributed by atoms with Crippen LogP contribution in [0.5, 0.6) is 0 Å². The summed E-state index contributed by atoms with van der Waals surface area (Å²) < 4.78 is 52.0. The van der Waals surface area contributed by atoms with E-state index >= 15 is 0 Å². The van der Waals surface area contributed by atoms with Crippen LogP contribution in [0.15, 0.2) is 48.5 Å². The summed E-state index contributed by atoms with van der Waals surface area (Å²) in [6.07, 6.45) is 0.872. The molecule has 0 unspecified atom stereocenters. The number of anilines is 2. The van der Waals surface area contributed by atoms with Crippen molar-refractivity contribution in [2.24, 2.45) is 0 Å². The van der Waals surface area contributed by atoms with Gasteiger partial charge in [-0.1, -0.05) is 41.7 Å². The smallest absolute Gasteiger partial charge is 0.249 e. The number of benzene rings is 2. The van der Waals surface area contributed by atoms with Gasteiger partial charge in [0, 0.05) is 11.6 Å². The molecule has 0 spiro atoms. The van der Waals surface area contributed by atoms with E-state index in [2.05, 4.69) is 15.5 Å². The molecule has 1 aromatic heterocycles. The lowest BCUT2D eigenvalue weighted by molar-refractivity contribution is -0.116. The number of sulfonamides is 1. The van der Waals surface area contributed by atoms with Gasteiger partial charge >= 0.3 is 0 Å². The summed E-state index contributed by atoms with van der Waals surface area (Å²) in [7, 11) is -3.97. The SMILES string of the molecule is C[C@@H](C(=O)Nc1nnc(-c2ccccc2)s1)N(c1ccc(F)c(F)c1)S(C)(=O)=O. The molecule has 3 rings (SSSR count). The molecule has 0 saturated carbocycles. The van der Waals surface area contributed by atoms with E-state index in [-0.39, 0.29) is 10.8 Å². The molecule has 29 heavy (non-hydrogen) atoms. The summed E-state index contributed by atoms with van der Waals surface area (Å²) in [5, 5.41) is 11.2. The van der Waals surface area contributed by atoms with Crippen molar-refractivity contribution in [2.45, 2.75) is 13.0 Å². The van der Waals surface area contributed by atoms with Gasteiger partial charge in [0.05, 0.1) is 11.9 Å². The Kier molecular flexibility index (Phi) is 5.89. The molecule has 0 fully saturated rings. The average Bonchev–Trinajstić information content (AvgIpc) is 3.13. The molecule has 0 bridgehead atoms. The van der Waals surface area contributed by atoms with Crippen molar-refractivity contribution in [2.75, 3.05) is 15.9 Å². The Morgan fingerprint density at radius 3 is 2.41 bits per heavy atom. The first-order chi connectivity index (χ1) is 13.7. The molecule has 0 saturated heterocycles. The minimum Gasteiger partial charge on any atom is -0.299 e. The molecule has 1 heterocycles. The van der Waals surface area contributed by atoms with E-state index in [4.69, 9.17) is 0 Å². The molecule has 7 nitrogen and oxygen atoms in total. The Balaban J connectivity index is 1.83. The van der Waals surface area contributed by atoms with Gasteiger partial charge in [-0.05, 0) is 19.1 Å². The highest BCUT2D eigenvalue weighted by atomic mass is 32.2. The number of rotatable bonds is 6. The van der Waals surface area contributed by atoms with Crippen molar-refractivity contribution in [3.05, 3.63) is 60.2 Å². The van der Waals surface area contributed by atoms with E-state index in [1.54, 1.807) is 0 Å². The summed E-state index contributed by atoms with van der Waals surface area (Å²) in [5.41, 5.74) is 0.648. The van der Waals surface area contributed by atoms with Crippen LogP contribution in [0, 0.1) is 11.6 Å². The zero-order chi connectivity index (χ0) is 21.2. The van der Waals surface area contributed by atoms with Crippen LogP contribution < -0.4 is 9.62 Å². The zero-order valence-electron chi connectivity index (χ0n) is 15.3. The van der Waals surface area contributed by atoms with Gasteiger partial charge < -0.3 is 0 Å². The average molecular weight is 438 g/mol. The van der Waals surface area contributed by atoms with Crippen LogP contribution >= 0.6 is 11.3 Å². The van der Waals surface area contributed by atoms with Crippen LogP contribution in [-0.2, 0) is 14.8 Å². The Hall–Kier alpha value is -2.92. The fraction of sp³-hybridized carbons (Fsp3) is 0.167. The third-order valence-corrected chi connectivity index (χ3v) is 6.05. The van der Waals surface area contributed by atoms with Crippen LogP contribution in [0.3, 0.4) is 0 Å². The van der Waals surface area contributed by atoms with Gasteiger partial charge in [0.1, 0.15) is 11.0 Å². The van der Waals surface area contributed by atoms with Crippen LogP contribution in [0.2, 0.25) is 0 Å². The quantitative estimate of drug-likeness (QED) is 0.638. The first kappa shape index (κ1) is 20.8. The van der Waals surface area contributed by atoms with Crippen molar-refractivity contribution in [3.8, 4) is 10.6 Å². The first-order valence-electron chi connectivity index (χ1n) is 8.31. The number of aromatic nitrogens is 2.